The van der Waals surface area contributed by atoms with Gasteiger partial charge in [-0.3, -0.25) is 21.6 Å². The van der Waals surface area contributed by atoms with Crippen LogP contribution < -0.4 is 55.7 Å². The molecule has 4 aromatic carbocycles. The second-order valence-corrected chi connectivity index (χ2v) is 29.9. The first kappa shape index (κ1) is 101. The van der Waals surface area contributed by atoms with E-state index < -0.39 is 143 Å². The molecule has 0 saturated heterocycles. The molecule has 42 nitrogen and oxygen atoms in total. The number of phenols is 4. The van der Waals surface area contributed by atoms with Crippen molar-refractivity contribution in [1.29, 1.82) is 21.6 Å². The van der Waals surface area contributed by atoms with Crippen LogP contribution in [0.2, 0.25) is 0 Å². The minimum absolute atomic E-state index is 0.00457. The van der Waals surface area contributed by atoms with Crippen LogP contribution >= 0.6 is 0 Å². The molecule has 36 N–H and O–H groups in total. The number of nitrogens with zero attached hydrogens (tertiary/aromatic N) is 10. The Hall–Kier alpha value is -13.3. The average Bonchev–Trinajstić information content (AvgIpc) is 0.814. The molecule has 122 heavy (non-hydrogen) atoms. The Balaban J connectivity index is 1.72. The predicted octanol–water partition coefficient (Wildman–Crippen LogP) is 5.56. The van der Waals surface area contributed by atoms with E-state index in [9.17, 15) is 91.3 Å². The number of phenolic OH excluding ortho intramolecular Hbond substituents is 4. The molecule has 0 aromatic heterocycles. The summed E-state index contributed by atoms with van der Waals surface area (Å²) in [7, 11) is 0. The summed E-state index contributed by atoms with van der Waals surface area (Å²) in [5, 5.41) is 219. The number of guanidine groups is 4. The topological polar surface area (TPSA) is 781 Å². The molecule has 0 saturated carbocycles. The number of carboxylic acid groups (broad SMARTS) is 2. The molecule has 0 unspecified atom stereocenters. The van der Waals surface area contributed by atoms with E-state index in [1.807, 2.05) is 0 Å². The second kappa shape index (κ2) is 52.6. The summed E-state index contributed by atoms with van der Waals surface area (Å²) in [4.78, 5) is 68.5. The molecule has 0 fully saturated rings. The van der Waals surface area contributed by atoms with Gasteiger partial charge in [-0.25, -0.2) is 59.5 Å². The molecule has 0 amide bonds. The maximum Gasteiger partial charge on any atom is 0.328 e. The number of aromatic hydroxyl groups is 4. The first-order chi connectivity index (χ1) is 57.7. The Morgan fingerprint density at radius 3 is 0.689 bits per heavy atom. The largest absolute Gasteiger partial charge is 0.508 e. The van der Waals surface area contributed by atoms with Crippen molar-refractivity contribution in [3.63, 3.8) is 0 Å². The summed E-state index contributed by atoms with van der Waals surface area (Å²) >= 11 is 0. The SMILES string of the molecule is CC(C)C[C@H](N=C(O)[C@H](CCCNC(=N)N)N=C(O)[C@H](Cc1ccc(O)cc1)N=C(O)[C@@H](N)CCCC[C@H](N)C(O)=N[C@@H](Cc1ccc(O)cc1)C(O)=N[C@@H](CCCNC(=N)N)C(O)=N[C@@H](CC(C)C)C(O)=N[C@@H](CCCNC(=N)N)C(O)=N[C@@H](Cc1ccc(O)cc1)C(=O)O)C(O)=N[C@@H](CCCNC(=N)N)C(O)=N[C@@H](Cc1ccc(O)cc1)C(=O)O. The van der Waals surface area contributed by atoms with Crippen molar-refractivity contribution < 1.29 is 91.3 Å². The van der Waals surface area contributed by atoms with Crippen LogP contribution in [0.5, 0.6) is 23.0 Å². The molecule has 0 bridgehead atoms. The molecule has 4 aromatic rings. The number of carboxylic acids is 2. The zero-order valence-electron chi connectivity index (χ0n) is 68.8. The number of aliphatic hydroxyl groups excluding tert-OH is 10. The van der Waals surface area contributed by atoms with Gasteiger partial charge in [-0.2, -0.15) is 0 Å². The predicted molar refractivity (Wildman–Crippen MR) is 471 cm³/mol. The van der Waals surface area contributed by atoms with Crippen LogP contribution in [0.25, 0.3) is 0 Å². The Morgan fingerprint density at radius 2 is 0.475 bits per heavy atom. The van der Waals surface area contributed by atoms with Crippen molar-refractivity contribution in [1.82, 2.24) is 21.3 Å². The molecular formula is C80H122N24O18. The standard InChI is InChI=1S/C80H122N24O18/c1-43(2)37-59(71(115)95-57(15-9-35-93-79(87)88)69(113)103-63(75(119)120)41-47-21-29-51(107)30-22-47)101-67(111)55(13-7-33-91-77(83)84)97-73(117)61(39-45-17-25-49(105)26-18-45)99-65(109)53(81)11-5-6-12-54(82)66(110)100-62(40-46-19-27-50(106)28-20-46)74(118)98-56(14-8-34-92-78(85)86)68(112)102-60(38-44(3)4)72(116)96-58(16-10-36-94-80(89)90)70(114)104-64(76(121)122)42-48-23-31-52(108)32-24-48/h17-32,43-44,53-64,105-108H,5-16,33-42,81-82H2,1-4H3,(H,95,115)(H,96,116)(H,97,117)(H,98,118)(H,99,109)(H,100,110)(H,101,111)(H,102,112)(H,103,113)(H,104,114)(H,119,120)(H,121,122)(H4,83,84,91)(H4,85,86,92)(H4,87,88,93)(H4,89,90,94)/t53-,54-,55-,56-,57-,58-,59-,60-,61-,62-,63-,64-/m0/s1. The van der Waals surface area contributed by atoms with Gasteiger partial charge in [-0.15, -0.1) is 0 Å². The van der Waals surface area contributed by atoms with Gasteiger partial charge < -0.3 is 137 Å². The molecule has 42 heteroatoms. The number of aliphatic imine (C=N–C) groups is 10. The number of hydrogen-bond acceptors (Lipinski definition) is 22. The van der Waals surface area contributed by atoms with E-state index in [0.717, 1.165) is 0 Å². The van der Waals surface area contributed by atoms with Gasteiger partial charge in [-0.1, -0.05) is 89.1 Å². The summed E-state index contributed by atoms with van der Waals surface area (Å²) in [6.07, 6.45) is -0.160. The summed E-state index contributed by atoms with van der Waals surface area (Å²) in [6.45, 7) is 7.44. The van der Waals surface area contributed by atoms with Crippen LogP contribution in [0, 0.1) is 33.5 Å². The average molecular weight is 1710 g/mol. The molecule has 0 radical (unpaired) electrons. The van der Waals surface area contributed by atoms with E-state index >= 15 is 0 Å². The zero-order chi connectivity index (χ0) is 90.7. The molecule has 4 rings (SSSR count). The number of aliphatic carboxylic acids is 2. The molecular weight excluding hydrogens is 1590 g/mol. The van der Waals surface area contributed by atoms with Gasteiger partial charge in [0.05, 0.1) is 12.1 Å². The van der Waals surface area contributed by atoms with Crippen molar-refractivity contribution in [3.05, 3.63) is 119 Å². The molecule has 0 heterocycles. The number of rotatable bonds is 55. The van der Waals surface area contributed by atoms with Gasteiger partial charge in [0.1, 0.15) is 71.3 Å². The van der Waals surface area contributed by atoms with Crippen molar-refractivity contribution in [2.24, 2.45) is 96.2 Å². The number of benzene rings is 4. The molecule has 670 valence electrons. The summed E-state index contributed by atoms with van der Waals surface area (Å²) in [5.74, 6) is -12.5. The highest BCUT2D eigenvalue weighted by Gasteiger charge is 2.32. The van der Waals surface area contributed by atoms with E-state index in [-0.39, 0.29) is 200 Å². The lowest BCUT2D eigenvalue weighted by Gasteiger charge is -2.20. The maximum absolute atomic E-state index is 12.5. The lowest BCUT2D eigenvalue weighted by atomic mass is 10.0. The van der Waals surface area contributed by atoms with Gasteiger partial charge in [0, 0.05) is 51.9 Å². The van der Waals surface area contributed by atoms with Gasteiger partial charge in [0.15, 0.2) is 47.7 Å². The first-order valence-electron chi connectivity index (χ1n) is 39.7. The number of nitrogens with two attached hydrogens (primary N) is 6. The molecule has 0 aliphatic rings. The van der Waals surface area contributed by atoms with E-state index in [4.69, 9.17) is 56.0 Å². The van der Waals surface area contributed by atoms with Crippen LogP contribution in [0.1, 0.15) is 140 Å². The van der Waals surface area contributed by atoms with Gasteiger partial charge in [-0.05, 0) is 160 Å². The molecule has 0 spiro atoms. The van der Waals surface area contributed by atoms with Crippen molar-refractivity contribution in [2.75, 3.05) is 26.2 Å². The highest BCUT2D eigenvalue weighted by molar-refractivity contribution is 5.94. The Morgan fingerprint density at radius 1 is 0.287 bits per heavy atom. The highest BCUT2D eigenvalue weighted by Crippen LogP contribution is 2.24. The second-order valence-electron chi connectivity index (χ2n) is 29.9. The van der Waals surface area contributed by atoms with Crippen LogP contribution in [-0.4, -0.2) is 275 Å². The third kappa shape index (κ3) is 39.5. The van der Waals surface area contributed by atoms with Gasteiger partial charge in [0.2, 0.25) is 47.2 Å². The third-order valence-electron chi connectivity index (χ3n) is 18.5. The number of unbranched alkanes of at least 4 members (excludes halogenated alkanes) is 1. The third-order valence-corrected chi connectivity index (χ3v) is 18.5. The van der Waals surface area contributed by atoms with Gasteiger partial charge in [0.25, 0.3) is 0 Å². The fourth-order valence-electron chi connectivity index (χ4n) is 12.1. The molecule has 0 aliphatic heterocycles. The minimum Gasteiger partial charge on any atom is -0.508 e. The van der Waals surface area contributed by atoms with E-state index in [0.29, 0.717) is 22.3 Å². The van der Waals surface area contributed by atoms with Crippen molar-refractivity contribution in [3.8, 4) is 23.0 Å². The lowest BCUT2D eigenvalue weighted by Crippen LogP contribution is -2.35. The molecule has 12 atom stereocenters. The van der Waals surface area contributed by atoms with Crippen molar-refractivity contribution >= 4 is 94.8 Å². The number of hydrogen-bond donors (Lipinski definition) is 30. The number of nitrogens with one attached hydrogen (secondary N) is 8. The summed E-state index contributed by atoms with van der Waals surface area (Å²) in [5.41, 5.74) is 37.1. The van der Waals surface area contributed by atoms with E-state index in [2.05, 4.69) is 71.2 Å². The number of carbonyl (C=O) groups is 2. The summed E-state index contributed by atoms with van der Waals surface area (Å²) < 4.78 is 0. The Bertz CT molecular complexity index is 4040. The van der Waals surface area contributed by atoms with Crippen LogP contribution in [0.4, 0.5) is 0 Å². The Labute approximate surface area is 706 Å². The maximum atomic E-state index is 12.5. The minimum atomic E-state index is -1.56. The van der Waals surface area contributed by atoms with Crippen molar-refractivity contribution in [2.45, 2.75) is 216 Å². The smallest absolute Gasteiger partial charge is 0.328 e. The fraction of sp³-hybridized carbons (Fsp3) is 0.500. The highest BCUT2D eigenvalue weighted by atomic mass is 16.4. The zero-order valence-corrected chi connectivity index (χ0v) is 68.8. The monoisotopic (exact) mass is 1710 g/mol. The molecule has 0 aliphatic carbocycles. The fourth-order valence-corrected chi connectivity index (χ4v) is 12.1. The van der Waals surface area contributed by atoms with E-state index in [1.54, 1.807) is 27.7 Å². The normalized spacial score (nSPS) is 16.1. The summed E-state index contributed by atoms with van der Waals surface area (Å²) in [6, 6.07) is 5.98. The van der Waals surface area contributed by atoms with Gasteiger partial charge >= 0.3 is 11.9 Å². The van der Waals surface area contributed by atoms with Crippen LogP contribution in [0.3, 0.4) is 0 Å². The van der Waals surface area contributed by atoms with Crippen LogP contribution in [0.15, 0.2) is 147 Å². The lowest BCUT2D eigenvalue weighted by molar-refractivity contribution is -0.139. The van der Waals surface area contributed by atoms with Crippen LogP contribution in [-0.2, 0) is 35.3 Å². The first-order valence-corrected chi connectivity index (χ1v) is 39.7. The number of aliphatic hydroxyl groups is 10. The van der Waals surface area contributed by atoms with E-state index in [1.165, 1.54) is 97.1 Å². The Kier molecular flexibility index (Phi) is 43.6. The quantitative estimate of drug-likeness (QED) is 0.0146.